The van der Waals surface area contributed by atoms with Gasteiger partial charge < -0.3 is 9.47 Å². The molecule has 0 N–H and O–H groups in total. The second kappa shape index (κ2) is 17.6. The zero-order valence-corrected chi connectivity index (χ0v) is 38.6. The average molecular weight is 967 g/mol. The number of esters is 2. The number of hydrogen-bond acceptors (Lipinski definition) is 18. The molecule has 0 radical (unpaired) electrons. The number of rotatable bonds is 10. The number of thiophene rings is 4. The van der Waals surface area contributed by atoms with Crippen LogP contribution in [0.2, 0.25) is 0 Å². The van der Waals surface area contributed by atoms with Gasteiger partial charge in [-0.2, -0.15) is 21.0 Å². The van der Waals surface area contributed by atoms with E-state index in [1.54, 1.807) is 68.5 Å². The molecular formula is C45H26N8O6S6. The molecule has 65 heavy (non-hydrogen) atoms. The molecule has 0 atom stereocenters. The van der Waals surface area contributed by atoms with Crippen molar-refractivity contribution in [3.8, 4) is 24.3 Å². The van der Waals surface area contributed by atoms with Gasteiger partial charge in [-0.15, -0.1) is 45.3 Å². The van der Waals surface area contributed by atoms with Crippen LogP contribution < -0.4 is 0 Å². The summed E-state index contributed by atoms with van der Waals surface area (Å²) in [6.45, 7) is 3.42. The fraction of sp³-hybridized carbons (Fsp3) is 0.156. The summed E-state index contributed by atoms with van der Waals surface area (Å²) >= 11 is 7.36. The van der Waals surface area contributed by atoms with E-state index in [1.165, 1.54) is 55.1 Å². The fourth-order valence-corrected chi connectivity index (χ4v) is 15.3. The van der Waals surface area contributed by atoms with Gasteiger partial charge in [0.15, 0.2) is 21.2 Å². The Kier molecular flexibility index (Phi) is 11.7. The molecule has 2 aromatic carbocycles. The maximum Gasteiger partial charge on any atom is 0.334 e. The Morgan fingerprint density at radius 2 is 1.14 bits per heavy atom. The van der Waals surface area contributed by atoms with Crippen molar-refractivity contribution >= 4 is 142 Å². The molecule has 6 aromatic rings. The summed E-state index contributed by atoms with van der Waals surface area (Å²) in [4.78, 5) is 70.1. The van der Waals surface area contributed by atoms with Crippen molar-refractivity contribution in [3.63, 3.8) is 0 Å². The normalized spacial score (nSPS) is 16.6. The number of benzene rings is 2. The minimum Gasteiger partial charge on any atom is -0.459 e. The van der Waals surface area contributed by atoms with E-state index in [4.69, 9.17) is 14.5 Å². The number of aliphatic imine (C=N–C) groups is 2. The van der Waals surface area contributed by atoms with Gasteiger partial charge in [0.05, 0.1) is 29.2 Å². The third-order valence-corrected chi connectivity index (χ3v) is 17.7. The van der Waals surface area contributed by atoms with Gasteiger partial charge in [0.25, 0.3) is 11.8 Å². The Morgan fingerprint density at radius 3 is 1.65 bits per heavy atom. The van der Waals surface area contributed by atoms with Crippen LogP contribution in [-0.2, 0) is 47.3 Å². The van der Waals surface area contributed by atoms with E-state index in [0.717, 1.165) is 47.0 Å². The van der Waals surface area contributed by atoms with E-state index in [9.17, 15) is 30.6 Å². The topological polar surface area (TPSA) is 213 Å². The Morgan fingerprint density at radius 1 is 0.646 bits per heavy atom. The van der Waals surface area contributed by atoms with E-state index >= 15 is 9.59 Å². The van der Waals surface area contributed by atoms with Crippen molar-refractivity contribution in [2.24, 2.45) is 9.98 Å². The summed E-state index contributed by atoms with van der Waals surface area (Å²) in [5.41, 5.74) is -1.28. The lowest BCUT2D eigenvalue weighted by Crippen LogP contribution is -2.46. The first-order valence-corrected chi connectivity index (χ1v) is 24.3. The zero-order chi connectivity index (χ0) is 45.6. The minimum atomic E-state index is -2.33. The number of thioether (sulfide) groups is 2. The third-order valence-electron chi connectivity index (χ3n) is 10.4. The molecule has 318 valence electrons. The maximum absolute atomic E-state index is 15.2. The van der Waals surface area contributed by atoms with Crippen LogP contribution in [0.15, 0.2) is 104 Å². The van der Waals surface area contributed by atoms with Crippen LogP contribution in [0.5, 0.6) is 0 Å². The van der Waals surface area contributed by atoms with E-state index in [0.29, 0.717) is 31.3 Å². The summed E-state index contributed by atoms with van der Waals surface area (Å²) in [5.74, 6) is -2.96. The monoisotopic (exact) mass is 966 g/mol. The second-order valence-electron chi connectivity index (χ2n) is 14.0. The first-order chi connectivity index (χ1) is 31.6. The molecule has 2 fully saturated rings. The van der Waals surface area contributed by atoms with Crippen LogP contribution in [-0.4, -0.2) is 56.7 Å². The number of fused-ring (bicyclic) bond motifs is 7. The van der Waals surface area contributed by atoms with E-state index in [2.05, 4.69) is 4.99 Å². The molecule has 14 nitrogen and oxygen atoms in total. The fourth-order valence-electron chi connectivity index (χ4n) is 7.36. The van der Waals surface area contributed by atoms with Crippen molar-refractivity contribution < 1.29 is 28.7 Å². The minimum absolute atomic E-state index is 0.0912. The summed E-state index contributed by atoms with van der Waals surface area (Å²) in [6, 6.07) is 27.2. The average Bonchev–Trinajstić information content (AvgIpc) is 4.19. The van der Waals surface area contributed by atoms with Gasteiger partial charge in [-0.05, 0) is 60.6 Å². The van der Waals surface area contributed by atoms with Crippen molar-refractivity contribution in [2.45, 2.75) is 32.5 Å². The summed E-state index contributed by atoms with van der Waals surface area (Å²) in [5, 5.41) is 39.3. The predicted octanol–water partition coefficient (Wildman–Crippen LogP) is 9.61. The van der Waals surface area contributed by atoms with E-state index < -0.39 is 29.2 Å². The lowest BCUT2D eigenvalue weighted by atomic mass is 9.81. The number of carbonyl (C=O) groups excluding carboxylic acids is 4. The Labute approximate surface area is 393 Å². The van der Waals surface area contributed by atoms with Crippen LogP contribution in [0.4, 0.5) is 5.00 Å². The Hall–Kier alpha value is -6.88. The zero-order valence-electron chi connectivity index (χ0n) is 33.7. The molecule has 9 rings (SSSR count). The molecular weight excluding hydrogens is 941 g/mol. The van der Waals surface area contributed by atoms with Gasteiger partial charge in [-0.3, -0.25) is 29.0 Å². The smallest absolute Gasteiger partial charge is 0.334 e. The SMILES string of the molecule is CCN1C(=O)/C(=N/C2=Cc3sc4c(sc5c6sc(/N=C7\SC(=C(C#N)C#N)N(CC)C7=O)cc6sc45)c3C2(C(=O)OCc2ccccc2)C(=O)OCc2ccccc2)SC1=C(C#N)C#N. The van der Waals surface area contributed by atoms with Gasteiger partial charge in [-0.25, -0.2) is 9.98 Å². The van der Waals surface area contributed by atoms with Crippen LogP contribution in [0.1, 0.15) is 35.4 Å². The molecule has 0 saturated carbocycles. The lowest BCUT2D eigenvalue weighted by molar-refractivity contribution is -0.164. The molecule has 0 unspecified atom stereocenters. The number of hydrogen-bond donors (Lipinski definition) is 0. The van der Waals surface area contributed by atoms with Gasteiger partial charge in [0, 0.05) is 28.2 Å². The standard InChI is InChI=1S/C45H26N8O6S6/c1-3-52-39(54)37(64-41(52)25(17-46)18-47)50-29-15-27-31(45(29,43(56)58-21-23-11-7-5-8-12-23)44(57)59-22-24-13-9-6-10-14-24)33-35(60-27)36-34(63-33)32-28(61-36)16-30(62-32)51-38-40(55)53(4-2)42(65-38)26(19-48)20-49/h5-16H,3-4,21-22H2,1-2H3/b50-37-,51-38-. The first-order valence-electron chi connectivity index (χ1n) is 19.4. The molecule has 2 saturated heterocycles. The van der Waals surface area contributed by atoms with Gasteiger partial charge >= 0.3 is 11.9 Å². The van der Waals surface area contributed by atoms with Crippen LogP contribution in [0, 0.1) is 45.3 Å². The number of nitrogens with zero attached hydrogens (tertiary/aromatic N) is 8. The third kappa shape index (κ3) is 7.21. The molecule has 3 aliphatic rings. The Bertz CT molecular complexity index is 3310. The molecule has 0 spiro atoms. The van der Waals surface area contributed by atoms with Crippen molar-refractivity contribution in [1.29, 1.82) is 21.0 Å². The number of carbonyl (C=O) groups is 4. The van der Waals surface area contributed by atoms with Crippen molar-refractivity contribution in [3.05, 3.63) is 115 Å². The van der Waals surface area contributed by atoms with Gasteiger partial charge in [0.2, 0.25) is 5.41 Å². The lowest BCUT2D eigenvalue weighted by Gasteiger charge is -2.27. The highest BCUT2D eigenvalue weighted by Gasteiger charge is 2.60. The van der Waals surface area contributed by atoms with Crippen molar-refractivity contribution in [2.75, 3.05) is 13.1 Å². The molecule has 2 amide bonds. The number of amides is 2. The highest BCUT2D eigenvalue weighted by Crippen LogP contribution is 2.59. The summed E-state index contributed by atoms with van der Waals surface area (Å²) in [7, 11) is 0. The molecule has 0 bridgehead atoms. The molecule has 1 aliphatic carbocycles. The highest BCUT2D eigenvalue weighted by atomic mass is 32.2. The van der Waals surface area contributed by atoms with Crippen LogP contribution >= 0.6 is 68.9 Å². The number of nitriles is 4. The molecule has 6 heterocycles. The van der Waals surface area contributed by atoms with E-state index in [-0.39, 0.29) is 63.3 Å². The number of ether oxygens (including phenoxy) is 2. The predicted molar refractivity (Wildman–Crippen MR) is 254 cm³/mol. The van der Waals surface area contributed by atoms with Crippen LogP contribution in [0.25, 0.3) is 34.3 Å². The molecule has 4 aromatic heterocycles. The van der Waals surface area contributed by atoms with E-state index in [1.807, 2.05) is 42.5 Å². The van der Waals surface area contributed by atoms with Gasteiger partial charge in [-0.1, -0.05) is 60.7 Å². The maximum atomic E-state index is 15.2. The quantitative estimate of drug-likeness (QED) is 0.0713. The summed E-state index contributed by atoms with van der Waals surface area (Å²) < 4.78 is 17.1. The molecule has 2 aliphatic heterocycles. The largest absolute Gasteiger partial charge is 0.459 e. The Balaban J connectivity index is 1.20. The van der Waals surface area contributed by atoms with Gasteiger partial charge in [0.1, 0.15) is 52.5 Å². The first kappa shape index (κ1) is 43.4. The summed E-state index contributed by atoms with van der Waals surface area (Å²) in [6.07, 6.45) is 1.60. The highest BCUT2D eigenvalue weighted by molar-refractivity contribution is 8.20. The number of allylic oxidation sites excluding steroid dienone is 2. The molecule has 20 heteroatoms. The van der Waals surface area contributed by atoms with Crippen LogP contribution in [0.3, 0.4) is 0 Å². The second-order valence-corrected chi connectivity index (χ2v) is 20.1. The van der Waals surface area contributed by atoms with Crippen molar-refractivity contribution in [1.82, 2.24) is 9.80 Å².